The summed E-state index contributed by atoms with van der Waals surface area (Å²) in [6, 6.07) is 0. The van der Waals surface area contributed by atoms with Crippen molar-refractivity contribution in [2.75, 3.05) is 31.7 Å². The van der Waals surface area contributed by atoms with Crippen LogP contribution in [-0.4, -0.2) is 48.5 Å². The van der Waals surface area contributed by atoms with Gasteiger partial charge in [-0.3, -0.25) is 0 Å². The normalized spacial score (nSPS) is 22.1. The predicted molar refractivity (Wildman–Crippen MR) is 74.4 cm³/mol. The average molecular weight is 283 g/mol. The summed E-state index contributed by atoms with van der Waals surface area (Å²) in [7, 11) is 1.63. The first-order valence-corrected chi connectivity index (χ1v) is 6.88. The Kier molecular flexibility index (Phi) is 4.55. The SMILES string of the molecule is CCc1ncnc(N2C[C@H](COC)OC(C)(C)C2)c1F. The molecule has 0 saturated carbocycles. The highest BCUT2D eigenvalue weighted by atomic mass is 19.1. The zero-order chi connectivity index (χ0) is 14.8. The van der Waals surface area contributed by atoms with Crippen LogP contribution in [0.25, 0.3) is 0 Å². The van der Waals surface area contributed by atoms with Gasteiger partial charge in [0.25, 0.3) is 0 Å². The number of ether oxygens (including phenoxy) is 2. The number of methoxy groups -OCH3 is 1. The maximum absolute atomic E-state index is 14.4. The van der Waals surface area contributed by atoms with E-state index in [4.69, 9.17) is 9.47 Å². The molecule has 20 heavy (non-hydrogen) atoms. The first-order chi connectivity index (χ1) is 9.46. The lowest BCUT2D eigenvalue weighted by molar-refractivity contribution is -0.106. The van der Waals surface area contributed by atoms with Crippen molar-refractivity contribution in [1.82, 2.24) is 9.97 Å². The Labute approximate surface area is 119 Å². The van der Waals surface area contributed by atoms with E-state index in [1.807, 2.05) is 25.7 Å². The van der Waals surface area contributed by atoms with Crippen LogP contribution in [0.15, 0.2) is 6.33 Å². The smallest absolute Gasteiger partial charge is 0.187 e. The summed E-state index contributed by atoms with van der Waals surface area (Å²) in [5, 5.41) is 0. The van der Waals surface area contributed by atoms with Gasteiger partial charge in [0.1, 0.15) is 6.33 Å². The van der Waals surface area contributed by atoms with Crippen molar-refractivity contribution in [3.63, 3.8) is 0 Å². The Morgan fingerprint density at radius 1 is 1.50 bits per heavy atom. The van der Waals surface area contributed by atoms with Gasteiger partial charge in [0.15, 0.2) is 11.6 Å². The number of aromatic nitrogens is 2. The van der Waals surface area contributed by atoms with Crippen molar-refractivity contribution in [3.8, 4) is 0 Å². The van der Waals surface area contributed by atoms with Crippen molar-refractivity contribution in [2.24, 2.45) is 0 Å². The summed E-state index contributed by atoms with van der Waals surface area (Å²) in [4.78, 5) is 10.0. The van der Waals surface area contributed by atoms with Gasteiger partial charge in [0, 0.05) is 20.2 Å². The molecule has 0 bridgehead atoms. The quantitative estimate of drug-likeness (QED) is 0.843. The molecule has 112 valence electrons. The van der Waals surface area contributed by atoms with E-state index in [0.717, 1.165) is 0 Å². The number of morpholine rings is 1. The zero-order valence-electron chi connectivity index (χ0n) is 12.5. The van der Waals surface area contributed by atoms with E-state index in [1.54, 1.807) is 7.11 Å². The molecule has 0 spiro atoms. The maximum atomic E-state index is 14.4. The van der Waals surface area contributed by atoms with Crippen LogP contribution in [0, 0.1) is 5.82 Å². The Hall–Kier alpha value is -1.27. The molecular weight excluding hydrogens is 261 g/mol. The van der Waals surface area contributed by atoms with Gasteiger partial charge in [0.05, 0.1) is 24.0 Å². The first kappa shape index (κ1) is 15.1. The minimum absolute atomic E-state index is 0.0943. The molecule has 1 aliphatic heterocycles. The molecule has 1 aliphatic rings. The lowest BCUT2D eigenvalue weighted by Gasteiger charge is -2.43. The molecule has 1 fully saturated rings. The van der Waals surface area contributed by atoms with Crippen LogP contribution in [0.2, 0.25) is 0 Å². The predicted octanol–water partition coefficient (Wildman–Crippen LogP) is 1.81. The van der Waals surface area contributed by atoms with Gasteiger partial charge < -0.3 is 14.4 Å². The molecule has 0 unspecified atom stereocenters. The van der Waals surface area contributed by atoms with Crippen LogP contribution in [-0.2, 0) is 15.9 Å². The fourth-order valence-corrected chi connectivity index (χ4v) is 2.59. The fraction of sp³-hybridized carbons (Fsp3) is 0.714. The van der Waals surface area contributed by atoms with E-state index in [-0.39, 0.29) is 17.5 Å². The number of nitrogens with zero attached hydrogens (tertiary/aromatic N) is 3. The summed E-state index contributed by atoms with van der Waals surface area (Å²) < 4.78 is 25.5. The minimum atomic E-state index is -0.370. The van der Waals surface area contributed by atoms with E-state index in [1.165, 1.54) is 6.33 Å². The van der Waals surface area contributed by atoms with Gasteiger partial charge in [-0.15, -0.1) is 0 Å². The zero-order valence-corrected chi connectivity index (χ0v) is 12.5. The van der Waals surface area contributed by atoms with Gasteiger partial charge in [-0.1, -0.05) is 6.92 Å². The fourth-order valence-electron chi connectivity index (χ4n) is 2.59. The van der Waals surface area contributed by atoms with Crippen LogP contribution in [0.4, 0.5) is 10.2 Å². The van der Waals surface area contributed by atoms with Crippen LogP contribution in [0.1, 0.15) is 26.5 Å². The van der Waals surface area contributed by atoms with Crippen LogP contribution < -0.4 is 4.90 Å². The highest BCUT2D eigenvalue weighted by Gasteiger charge is 2.35. The van der Waals surface area contributed by atoms with Gasteiger partial charge >= 0.3 is 0 Å². The molecule has 0 aliphatic carbocycles. The molecule has 0 N–H and O–H groups in total. The molecule has 5 nitrogen and oxygen atoms in total. The molecule has 1 saturated heterocycles. The van der Waals surface area contributed by atoms with Crippen molar-refractivity contribution in [1.29, 1.82) is 0 Å². The number of hydrogen-bond donors (Lipinski definition) is 0. The van der Waals surface area contributed by atoms with E-state index in [2.05, 4.69) is 9.97 Å². The first-order valence-electron chi connectivity index (χ1n) is 6.88. The monoisotopic (exact) mass is 283 g/mol. The minimum Gasteiger partial charge on any atom is -0.382 e. The highest BCUT2D eigenvalue weighted by Crippen LogP contribution is 2.27. The van der Waals surface area contributed by atoms with Gasteiger partial charge in [-0.05, 0) is 20.3 Å². The largest absolute Gasteiger partial charge is 0.382 e. The van der Waals surface area contributed by atoms with Crippen LogP contribution >= 0.6 is 0 Å². The molecule has 1 aromatic rings. The average Bonchev–Trinajstić information content (AvgIpc) is 2.37. The van der Waals surface area contributed by atoms with Crippen molar-refractivity contribution >= 4 is 5.82 Å². The molecule has 2 rings (SSSR count). The van der Waals surface area contributed by atoms with E-state index >= 15 is 0 Å². The Morgan fingerprint density at radius 3 is 2.90 bits per heavy atom. The Bertz CT molecular complexity index is 468. The number of rotatable bonds is 4. The summed E-state index contributed by atoms with van der Waals surface area (Å²) in [6.45, 7) is 7.49. The maximum Gasteiger partial charge on any atom is 0.187 e. The molecule has 6 heteroatoms. The number of hydrogen-bond acceptors (Lipinski definition) is 5. The second-order valence-electron chi connectivity index (χ2n) is 5.65. The van der Waals surface area contributed by atoms with Crippen LogP contribution in [0.5, 0.6) is 0 Å². The van der Waals surface area contributed by atoms with Gasteiger partial charge in [-0.2, -0.15) is 0 Å². The summed E-state index contributed by atoms with van der Waals surface area (Å²) in [5.41, 5.74) is 0.0770. The van der Waals surface area contributed by atoms with Gasteiger partial charge in [0.2, 0.25) is 0 Å². The molecule has 0 radical (unpaired) electrons. The van der Waals surface area contributed by atoms with Crippen molar-refractivity contribution < 1.29 is 13.9 Å². The second-order valence-corrected chi connectivity index (χ2v) is 5.65. The number of anilines is 1. The highest BCUT2D eigenvalue weighted by molar-refractivity contribution is 5.42. The van der Waals surface area contributed by atoms with E-state index < -0.39 is 0 Å². The third-order valence-corrected chi connectivity index (χ3v) is 3.31. The summed E-state index contributed by atoms with van der Waals surface area (Å²) >= 11 is 0. The topological polar surface area (TPSA) is 47.5 Å². The standard InChI is InChI=1S/C14H22FN3O2/c1-5-11-12(15)13(17-9-16-11)18-6-10(7-19-4)20-14(2,3)8-18/h9-10H,5-8H2,1-4H3/t10-/m1/s1. The third kappa shape index (κ3) is 3.24. The lowest BCUT2D eigenvalue weighted by Crippen LogP contribution is -2.54. The molecule has 2 heterocycles. The molecule has 0 amide bonds. The molecule has 0 aromatic carbocycles. The number of halogens is 1. The van der Waals surface area contributed by atoms with Gasteiger partial charge in [-0.25, -0.2) is 14.4 Å². The molecular formula is C14H22FN3O2. The van der Waals surface area contributed by atoms with E-state index in [0.29, 0.717) is 37.6 Å². The molecule has 1 aromatic heterocycles. The second kappa shape index (κ2) is 6.01. The Balaban J connectivity index is 2.27. The summed E-state index contributed by atoms with van der Waals surface area (Å²) in [6.07, 6.45) is 1.88. The lowest BCUT2D eigenvalue weighted by atomic mass is 10.1. The number of aryl methyl sites for hydroxylation is 1. The van der Waals surface area contributed by atoms with Crippen molar-refractivity contribution in [3.05, 3.63) is 17.8 Å². The van der Waals surface area contributed by atoms with Crippen molar-refractivity contribution in [2.45, 2.75) is 38.9 Å². The Morgan fingerprint density at radius 2 is 2.25 bits per heavy atom. The third-order valence-electron chi connectivity index (χ3n) is 3.31. The van der Waals surface area contributed by atoms with E-state index in [9.17, 15) is 4.39 Å². The summed E-state index contributed by atoms with van der Waals surface area (Å²) in [5.74, 6) is 0.0261. The molecule has 1 atom stereocenters. The van der Waals surface area contributed by atoms with Crippen LogP contribution in [0.3, 0.4) is 0 Å².